The number of rotatable bonds is 4. The zero-order valence-electron chi connectivity index (χ0n) is 5.63. The minimum Gasteiger partial charge on any atom is -0.369 e. The number of hydrogen-bond donors (Lipinski definition) is 1. The highest BCUT2D eigenvalue weighted by molar-refractivity contribution is 7.13. The van der Waals surface area contributed by atoms with E-state index < -0.39 is 0 Å². The van der Waals surface area contributed by atoms with E-state index in [1.807, 2.05) is 4.67 Å². The minimum atomic E-state index is -0.279. The fraction of sp³-hybridized carbons (Fsp3) is 0.800. The van der Waals surface area contributed by atoms with Crippen LogP contribution < -0.4 is 5.73 Å². The van der Waals surface area contributed by atoms with Crippen LogP contribution in [0.15, 0.2) is 0 Å². The van der Waals surface area contributed by atoms with E-state index in [1.165, 1.54) is 0 Å². The van der Waals surface area contributed by atoms with Gasteiger partial charge in [-0.05, 0) is 6.42 Å². The lowest BCUT2D eigenvalue weighted by atomic mass is 10.5. The van der Waals surface area contributed by atoms with Crippen LogP contribution in [0.2, 0.25) is 0 Å². The summed E-state index contributed by atoms with van der Waals surface area (Å²) in [6.45, 7) is 3.28. The molecule has 1 amide bonds. The van der Waals surface area contributed by atoms with E-state index in [4.69, 9.17) is 5.73 Å². The highest BCUT2D eigenvalue weighted by Gasteiger charge is 1.98. The van der Waals surface area contributed by atoms with Crippen LogP contribution in [0.4, 0.5) is 0 Å². The number of nitrogens with two attached hydrogens (primary N) is 1. The maximum atomic E-state index is 10.3. The summed E-state index contributed by atoms with van der Waals surface area (Å²) in [7, 11) is 2.46. The molecule has 0 saturated heterocycles. The normalized spacial score (nSPS) is 10.1. The number of primary amides is 1. The van der Waals surface area contributed by atoms with E-state index >= 15 is 0 Å². The van der Waals surface area contributed by atoms with Crippen LogP contribution in [0, 0.1) is 0 Å². The monoisotopic (exact) mass is 148 g/mol. The summed E-state index contributed by atoms with van der Waals surface area (Å²) in [5.74, 6) is -0.279. The molecule has 0 saturated carbocycles. The second-order valence-corrected chi connectivity index (χ2v) is 2.67. The predicted octanol–water partition coefficient (Wildman–Crippen LogP) is -0.0262. The fourth-order valence-corrected chi connectivity index (χ4v) is 1.00. The quantitative estimate of drug-likeness (QED) is 0.569. The molecule has 0 aromatic carbocycles. The van der Waals surface area contributed by atoms with Gasteiger partial charge in [-0.3, -0.25) is 9.46 Å². The second kappa shape index (κ2) is 4.71. The van der Waals surface area contributed by atoms with Gasteiger partial charge in [-0.1, -0.05) is 16.3 Å². The van der Waals surface area contributed by atoms with E-state index in [-0.39, 0.29) is 5.91 Å². The summed E-state index contributed by atoms with van der Waals surface area (Å²) in [4.78, 5) is 10.3. The molecular formula is C5H13N2OP. The minimum absolute atomic E-state index is 0.279. The van der Waals surface area contributed by atoms with Gasteiger partial charge in [-0.15, -0.1) is 0 Å². The fourth-order valence-electron chi connectivity index (χ4n) is 0.566. The first-order valence-electron chi connectivity index (χ1n) is 2.94. The van der Waals surface area contributed by atoms with Crippen LogP contribution in [-0.2, 0) is 4.79 Å². The third-order valence-corrected chi connectivity index (χ3v) is 1.31. The predicted molar refractivity (Wildman–Crippen MR) is 40.8 cm³/mol. The average Bonchev–Trinajstić information content (AvgIpc) is 1.63. The molecule has 0 radical (unpaired) electrons. The number of hydrogen-bond acceptors (Lipinski definition) is 2. The molecule has 1 unspecified atom stereocenters. The third kappa shape index (κ3) is 5.74. The summed E-state index contributed by atoms with van der Waals surface area (Å²) >= 11 is 0. The number of carbonyl (C=O) groups is 1. The van der Waals surface area contributed by atoms with Crippen LogP contribution in [-0.4, -0.2) is 23.7 Å². The van der Waals surface area contributed by atoms with Crippen molar-refractivity contribution in [3.05, 3.63) is 0 Å². The molecule has 0 bridgehead atoms. The van der Waals surface area contributed by atoms with Crippen molar-refractivity contribution in [2.45, 2.75) is 13.3 Å². The topological polar surface area (TPSA) is 46.3 Å². The Morgan fingerprint density at radius 2 is 2.33 bits per heavy atom. The van der Waals surface area contributed by atoms with E-state index in [0.29, 0.717) is 6.54 Å². The Labute approximate surface area is 57.8 Å². The lowest BCUT2D eigenvalue weighted by molar-refractivity contribution is -0.118. The Kier molecular flexibility index (Phi) is 4.64. The molecule has 0 rings (SSSR count). The van der Waals surface area contributed by atoms with Gasteiger partial charge >= 0.3 is 0 Å². The van der Waals surface area contributed by atoms with Crippen molar-refractivity contribution in [1.29, 1.82) is 0 Å². The van der Waals surface area contributed by atoms with Crippen molar-refractivity contribution < 1.29 is 4.79 Å². The Hall–Kier alpha value is -0.140. The molecule has 0 fully saturated rings. The van der Waals surface area contributed by atoms with Gasteiger partial charge in [0.2, 0.25) is 5.91 Å². The molecule has 9 heavy (non-hydrogen) atoms. The molecule has 1 atom stereocenters. The van der Waals surface area contributed by atoms with Gasteiger partial charge in [0, 0.05) is 6.54 Å². The van der Waals surface area contributed by atoms with Crippen LogP contribution in [0.25, 0.3) is 0 Å². The van der Waals surface area contributed by atoms with Gasteiger partial charge in [0.25, 0.3) is 0 Å². The first-order chi connectivity index (χ1) is 4.16. The summed E-state index contributed by atoms with van der Waals surface area (Å²) < 4.78 is 1.82. The van der Waals surface area contributed by atoms with Gasteiger partial charge in [0.1, 0.15) is 0 Å². The molecule has 54 valence electrons. The van der Waals surface area contributed by atoms with Gasteiger partial charge in [0.05, 0.1) is 6.54 Å². The zero-order valence-corrected chi connectivity index (χ0v) is 6.79. The van der Waals surface area contributed by atoms with E-state index in [2.05, 4.69) is 16.3 Å². The first kappa shape index (κ1) is 8.86. The number of nitrogens with zero attached hydrogens (tertiary/aromatic N) is 1. The molecule has 0 aliphatic heterocycles. The van der Waals surface area contributed by atoms with Crippen LogP contribution in [0.3, 0.4) is 0 Å². The molecule has 0 aromatic heterocycles. The average molecular weight is 148 g/mol. The van der Waals surface area contributed by atoms with Crippen molar-refractivity contribution in [1.82, 2.24) is 4.67 Å². The summed E-state index contributed by atoms with van der Waals surface area (Å²) in [5, 5.41) is 0. The van der Waals surface area contributed by atoms with Gasteiger partial charge in [-0.2, -0.15) is 0 Å². The molecule has 0 spiro atoms. The Balaban J connectivity index is 3.26. The highest BCUT2D eigenvalue weighted by atomic mass is 31.0. The maximum Gasteiger partial charge on any atom is 0.231 e. The second-order valence-electron chi connectivity index (χ2n) is 1.94. The van der Waals surface area contributed by atoms with Crippen LogP contribution in [0.1, 0.15) is 13.3 Å². The molecular weight excluding hydrogens is 135 g/mol. The van der Waals surface area contributed by atoms with E-state index in [9.17, 15) is 4.79 Å². The van der Waals surface area contributed by atoms with E-state index in [0.717, 1.165) is 13.0 Å². The van der Waals surface area contributed by atoms with Gasteiger partial charge in [0.15, 0.2) is 0 Å². The largest absolute Gasteiger partial charge is 0.369 e. The van der Waals surface area contributed by atoms with E-state index in [1.54, 1.807) is 0 Å². The lowest BCUT2D eigenvalue weighted by Crippen LogP contribution is -2.27. The number of carbonyl (C=O) groups excluding carboxylic acids is 1. The third-order valence-electron chi connectivity index (χ3n) is 0.870. The summed E-state index contributed by atoms with van der Waals surface area (Å²) in [6.07, 6.45) is 1.04. The first-order valence-corrected chi connectivity index (χ1v) is 3.46. The summed E-state index contributed by atoms with van der Waals surface area (Å²) in [6, 6.07) is 0. The standard InChI is InChI=1S/C5H13N2OP/c1-2-3-7(9)4-5(6)8/h2-4,9H2,1H3,(H2,6,8). The van der Waals surface area contributed by atoms with Crippen LogP contribution >= 0.6 is 9.39 Å². The Morgan fingerprint density at radius 1 is 1.78 bits per heavy atom. The molecule has 0 heterocycles. The SMILES string of the molecule is CCCN(P)CC(N)=O. The smallest absolute Gasteiger partial charge is 0.231 e. The lowest BCUT2D eigenvalue weighted by Gasteiger charge is -2.11. The van der Waals surface area contributed by atoms with Crippen molar-refractivity contribution in [3.8, 4) is 0 Å². The zero-order chi connectivity index (χ0) is 7.28. The van der Waals surface area contributed by atoms with Gasteiger partial charge in [-0.25, -0.2) is 0 Å². The molecule has 3 nitrogen and oxygen atoms in total. The molecule has 4 heteroatoms. The van der Waals surface area contributed by atoms with Gasteiger partial charge < -0.3 is 5.73 Å². The summed E-state index contributed by atoms with van der Waals surface area (Å²) in [5.41, 5.74) is 4.93. The van der Waals surface area contributed by atoms with Crippen molar-refractivity contribution in [2.24, 2.45) is 5.73 Å². The molecule has 2 N–H and O–H groups in total. The number of amides is 1. The molecule has 0 aromatic rings. The highest BCUT2D eigenvalue weighted by Crippen LogP contribution is 1.96. The molecule has 0 aliphatic rings. The molecule has 0 aliphatic carbocycles. The van der Waals surface area contributed by atoms with Crippen molar-refractivity contribution in [3.63, 3.8) is 0 Å². The maximum absolute atomic E-state index is 10.3. The van der Waals surface area contributed by atoms with Crippen molar-refractivity contribution in [2.75, 3.05) is 13.1 Å². The Bertz CT molecular complexity index is 97.0. The van der Waals surface area contributed by atoms with Crippen LogP contribution in [0.5, 0.6) is 0 Å². The van der Waals surface area contributed by atoms with Crippen molar-refractivity contribution >= 4 is 15.3 Å². The Morgan fingerprint density at radius 3 is 2.67 bits per heavy atom.